The van der Waals surface area contributed by atoms with Crippen molar-refractivity contribution in [3.63, 3.8) is 0 Å². The lowest BCUT2D eigenvalue weighted by Gasteiger charge is -2.27. The lowest BCUT2D eigenvalue weighted by atomic mass is 9.95. The summed E-state index contributed by atoms with van der Waals surface area (Å²) in [7, 11) is 0. The van der Waals surface area contributed by atoms with Crippen molar-refractivity contribution in [3.8, 4) is 0 Å². The standard InChI is InChI=1S/C21H30F3N3O5/c1-2-3-4-17(29)27-12-20(6-7-20)10-15(27)19(31)26-14(9-13-5-8-25-18(13)30)16(28)11-32-21(22,23)24/h13-15H,2-12H2,1H3,(H,25,30)(H,26,31)/t13-,14-,15-/m0/s1/i1D3. The van der Waals surface area contributed by atoms with E-state index in [1.54, 1.807) is 0 Å². The SMILES string of the molecule is [2H]C([2H])([2H])CCCC(=O)N1CC2(CC2)C[C@H]1C(=O)N[C@@H](C[C@@H]1CCNC1=O)C(=O)COC(F)(F)F. The van der Waals surface area contributed by atoms with Crippen LogP contribution in [-0.4, -0.2) is 66.5 Å². The third-order valence-corrected chi connectivity index (χ3v) is 6.42. The van der Waals surface area contributed by atoms with E-state index >= 15 is 0 Å². The van der Waals surface area contributed by atoms with E-state index in [0.29, 0.717) is 25.9 Å². The molecule has 0 aromatic rings. The number of amides is 3. The number of carbonyl (C=O) groups is 4. The summed E-state index contributed by atoms with van der Waals surface area (Å²) in [5.41, 5.74) is -0.202. The molecule has 32 heavy (non-hydrogen) atoms. The number of likely N-dealkylation sites (tertiary alicyclic amines) is 1. The minimum atomic E-state index is -5.03. The van der Waals surface area contributed by atoms with Crippen LogP contribution in [0.1, 0.15) is 62.3 Å². The molecule has 0 aromatic carbocycles. The van der Waals surface area contributed by atoms with Crippen molar-refractivity contribution in [1.82, 2.24) is 15.5 Å². The number of halogens is 3. The van der Waals surface area contributed by atoms with E-state index in [-0.39, 0.29) is 42.9 Å². The first-order chi connectivity index (χ1) is 16.2. The summed E-state index contributed by atoms with van der Waals surface area (Å²) in [6, 6.07) is -2.31. The highest BCUT2D eigenvalue weighted by molar-refractivity contribution is 5.94. The molecule has 3 atom stereocenters. The van der Waals surface area contributed by atoms with Gasteiger partial charge in [0.25, 0.3) is 0 Å². The van der Waals surface area contributed by atoms with Gasteiger partial charge >= 0.3 is 6.36 Å². The highest BCUT2D eigenvalue weighted by Crippen LogP contribution is 2.55. The first-order valence-electron chi connectivity index (χ1n) is 12.3. The van der Waals surface area contributed by atoms with Gasteiger partial charge in [0.1, 0.15) is 12.6 Å². The molecule has 3 rings (SSSR count). The van der Waals surface area contributed by atoms with E-state index in [1.165, 1.54) is 4.90 Å². The van der Waals surface area contributed by atoms with Crippen LogP contribution in [0, 0.1) is 11.3 Å². The second kappa shape index (κ2) is 9.76. The molecule has 8 nitrogen and oxygen atoms in total. The third kappa shape index (κ3) is 6.20. The Morgan fingerprint density at radius 1 is 1.38 bits per heavy atom. The number of carbonyl (C=O) groups excluding carboxylic acids is 4. The molecule has 2 N–H and O–H groups in total. The number of hydrogen-bond donors (Lipinski definition) is 2. The molecular weight excluding hydrogens is 431 g/mol. The molecule has 0 radical (unpaired) electrons. The lowest BCUT2D eigenvalue weighted by Crippen LogP contribution is -2.52. The molecule has 0 unspecified atom stereocenters. The zero-order valence-electron chi connectivity index (χ0n) is 20.6. The van der Waals surface area contributed by atoms with Crippen molar-refractivity contribution >= 4 is 23.5 Å². The molecule has 0 bridgehead atoms. The van der Waals surface area contributed by atoms with Gasteiger partial charge in [-0.3, -0.25) is 23.9 Å². The molecule has 2 heterocycles. The van der Waals surface area contributed by atoms with Crippen LogP contribution >= 0.6 is 0 Å². The van der Waals surface area contributed by atoms with Crippen molar-refractivity contribution in [3.05, 3.63) is 0 Å². The van der Waals surface area contributed by atoms with Crippen molar-refractivity contribution in [2.45, 2.75) is 76.7 Å². The molecule has 11 heteroatoms. The number of ether oxygens (including phenoxy) is 1. The van der Waals surface area contributed by atoms with Crippen molar-refractivity contribution in [2.24, 2.45) is 11.3 Å². The summed E-state index contributed by atoms with van der Waals surface area (Å²) in [4.78, 5) is 51.8. The number of ketones is 1. The highest BCUT2D eigenvalue weighted by Gasteiger charge is 2.55. The average Bonchev–Trinajstić information content (AvgIpc) is 3.19. The van der Waals surface area contributed by atoms with Gasteiger partial charge in [-0.25, -0.2) is 0 Å². The summed E-state index contributed by atoms with van der Waals surface area (Å²) in [5, 5.41) is 5.06. The van der Waals surface area contributed by atoms with Crippen LogP contribution in [0.4, 0.5) is 13.2 Å². The predicted molar refractivity (Wildman–Crippen MR) is 106 cm³/mol. The molecule has 180 valence electrons. The van der Waals surface area contributed by atoms with Gasteiger partial charge in [0.05, 0.1) is 6.04 Å². The number of nitrogens with zero attached hydrogens (tertiary/aromatic N) is 1. The van der Waals surface area contributed by atoms with Crippen molar-refractivity contribution in [2.75, 3.05) is 19.7 Å². The van der Waals surface area contributed by atoms with Gasteiger partial charge in [-0.1, -0.05) is 13.3 Å². The molecule has 2 saturated heterocycles. The molecule has 3 fully saturated rings. The van der Waals surface area contributed by atoms with E-state index < -0.39 is 49.5 Å². The monoisotopic (exact) mass is 464 g/mol. The quantitative estimate of drug-likeness (QED) is 0.512. The van der Waals surface area contributed by atoms with Crippen LogP contribution in [-0.2, 0) is 23.9 Å². The third-order valence-electron chi connectivity index (χ3n) is 6.42. The summed E-state index contributed by atoms with van der Waals surface area (Å²) in [6.45, 7) is -2.78. The van der Waals surface area contributed by atoms with E-state index in [2.05, 4.69) is 15.4 Å². The Morgan fingerprint density at radius 2 is 2.12 bits per heavy atom. The van der Waals surface area contributed by atoms with Crippen LogP contribution in [0.25, 0.3) is 0 Å². The Balaban J connectivity index is 1.67. The predicted octanol–water partition coefficient (Wildman–Crippen LogP) is 1.67. The summed E-state index contributed by atoms with van der Waals surface area (Å²) >= 11 is 0. The average molecular weight is 464 g/mol. The fourth-order valence-electron chi connectivity index (χ4n) is 4.42. The molecule has 0 aromatic heterocycles. The smallest absolute Gasteiger partial charge is 0.356 e. The van der Waals surface area contributed by atoms with E-state index in [4.69, 9.17) is 4.11 Å². The number of Topliss-reactive ketones (excluding diaryl/α,β-unsaturated/α-hetero) is 1. The van der Waals surface area contributed by atoms with Gasteiger partial charge in [0.15, 0.2) is 5.78 Å². The first kappa shape index (κ1) is 20.4. The number of rotatable bonds is 10. The van der Waals surface area contributed by atoms with Crippen LogP contribution < -0.4 is 10.6 Å². The Bertz CT molecular complexity index is 848. The second-order valence-corrected chi connectivity index (χ2v) is 8.87. The fraction of sp³-hybridized carbons (Fsp3) is 0.810. The van der Waals surface area contributed by atoms with Crippen LogP contribution in [0.15, 0.2) is 0 Å². The highest BCUT2D eigenvalue weighted by atomic mass is 19.4. The van der Waals surface area contributed by atoms with Gasteiger partial charge in [-0.15, -0.1) is 13.2 Å². The molecular formula is C21H30F3N3O5. The largest absolute Gasteiger partial charge is 0.522 e. The Labute approximate surface area is 188 Å². The van der Waals surface area contributed by atoms with E-state index in [0.717, 1.165) is 12.8 Å². The summed E-state index contributed by atoms with van der Waals surface area (Å²) in [6.07, 6.45) is -2.92. The maximum Gasteiger partial charge on any atom is 0.522 e. The van der Waals surface area contributed by atoms with Gasteiger partial charge in [0.2, 0.25) is 17.7 Å². The van der Waals surface area contributed by atoms with Crippen LogP contribution in [0.2, 0.25) is 0 Å². The van der Waals surface area contributed by atoms with Crippen LogP contribution in [0.3, 0.4) is 0 Å². The second-order valence-electron chi connectivity index (χ2n) is 8.87. The molecule has 3 amide bonds. The Hall–Kier alpha value is -2.17. The maximum absolute atomic E-state index is 13.2. The maximum atomic E-state index is 13.2. The van der Waals surface area contributed by atoms with Gasteiger partial charge in [-0.2, -0.15) is 0 Å². The number of alkyl halides is 3. The molecule has 3 aliphatic rings. The summed E-state index contributed by atoms with van der Waals surface area (Å²) in [5.74, 6) is -3.08. The number of hydrogen-bond acceptors (Lipinski definition) is 5. The fourth-order valence-corrected chi connectivity index (χ4v) is 4.42. The first-order valence-corrected chi connectivity index (χ1v) is 10.8. The molecule has 2 aliphatic heterocycles. The number of nitrogens with one attached hydrogen (secondary N) is 2. The minimum Gasteiger partial charge on any atom is -0.356 e. The lowest BCUT2D eigenvalue weighted by molar-refractivity contribution is -0.321. The van der Waals surface area contributed by atoms with Gasteiger partial charge in [-0.05, 0) is 43.9 Å². The van der Waals surface area contributed by atoms with Crippen molar-refractivity contribution in [1.29, 1.82) is 0 Å². The van der Waals surface area contributed by atoms with Gasteiger partial charge < -0.3 is 15.5 Å². The molecule has 1 spiro atoms. The molecule has 1 aliphatic carbocycles. The summed E-state index contributed by atoms with van der Waals surface area (Å²) < 4.78 is 62.8. The van der Waals surface area contributed by atoms with Crippen molar-refractivity contribution < 1.29 is 41.2 Å². The Kier molecular flexibility index (Phi) is 6.23. The topological polar surface area (TPSA) is 105 Å². The molecule has 1 saturated carbocycles. The van der Waals surface area contributed by atoms with E-state index in [1.807, 2.05) is 0 Å². The zero-order valence-corrected chi connectivity index (χ0v) is 17.6. The van der Waals surface area contributed by atoms with E-state index in [9.17, 15) is 32.3 Å². The normalized spacial score (nSPS) is 26.8. The van der Waals surface area contributed by atoms with Gasteiger partial charge in [0, 0.05) is 29.5 Å². The Morgan fingerprint density at radius 3 is 2.72 bits per heavy atom. The zero-order chi connectivity index (χ0) is 26.0. The minimum absolute atomic E-state index is 0.0533. The van der Waals surface area contributed by atoms with Crippen LogP contribution in [0.5, 0.6) is 0 Å².